The maximum Gasteiger partial charge on any atom is 0.336 e. The number of rotatable bonds is 11. The minimum Gasteiger partial charge on any atom is -0.491 e. The Bertz CT molecular complexity index is 1400. The van der Waals surface area contributed by atoms with Crippen LogP contribution in [0.5, 0.6) is 5.75 Å². The molecule has 0 spiro atoms. The number of ether oxygens (including phenoxy) is 3. The number of urea groups is 1. The van der Waals surface area contributed by atoms with Crippen molar-refractivity contribution in [2.24, 2.45) is 0 Å². The summed E-state index contributed by atoms with van der Waals surface area (Å²) in [4.78, 5) is 40.8. The number of hydrogen-bond donors (Lipinski definition) is 3. The maximum atomic E-state index is 12.8. The third-order valence-corrected chi connectivity index (χ3v) is 8.27. The molecule has 0 aromatic heterocycles. The van der Waals surface area contributed by atoms with Crippen LogP contribution in [0, 0.1) is 0 Å². The molecule has 0 atom stereocenters. The fraction of sp³-hybridized carbons (Fsp3) is 0.457. The van der Waals surface area contributed by atoms with Gasteiger partial charge in [-0.15, -0.1) is 0 Å². The summed E-state index contributed by atoms with van der Waals surface area (Å²) >= 11 is 0. The lowest BCUT2D eigenvalue weighted by Gasteiger charge is -2.32. The summed E-state index contributed by atoms with van der Waals surface area (Å²) in [5.41, 5.74) is 4.32. The number of methoxy groups -OCH3 is 2. The van der Waals surface area contributed by atoms with E-state index in [2.05, 4.69) is 39.0 Å². The van der Waals surface area contributed by atoms with Crippen LogP contribution in [-0.2, 0) is 19.1 Å². The van der Waals surface area contributed by atoms with Gasteiger partial charge in [0, 0.05) is 23.6 Å². The number of likely N-dealkylation sites (tertiary alicyclic amines) is 1. The first-order valence-electron chi connectivity index (χ1n) is 15.6. The van der Waals surface area contributed by atoms with Crippen molar-refractivity contribution in [2.75, 3.05) is 45.7 Å². The first-order valence-corrected chi connectivity index (χ1v) is 15.6. The zero-order valence-corrected chi connectivity index (χ0v) is 27.2. The van der Waals surface area contributed by atoms with Crippen molar-refractivity contribution in [3.8, 4) is 5.75 Å². The number of nitrogens with one attached hydrogen (secondary N) is 3. The Morgan fingerprint density at radius 3 is 2.16 bits per heavy atom. The molecular weight excluding hydrogens is 572 g/mol. The number of hydrogen-bond acceptors (Lipinski definition) is 8. The van der Waals surface area contributed by atoms with Gasteiger partial charge >= 0.3 is 18.0 Å². The third-order valence-electron chi connectivity index (χ3n) is 8.27. The van der Waals surface area contributed by atoms with Gasteiger partial charge in [-0.25, -0.2) is 14.4 Å². The molecule has 2 amide bonds. The molecule has 0 saturated carbocycles. The van der Waals surface area contributed by atoms with Gasteiger partial charge in [-0.05, 0) is 108 Å². The molecule has 2 aliphatic heterocycles. The predicted octanol–water partition coefficient (Wildman–Crippen LogP) is 5.45. The minimum atomic E-state index is -0.725. The van der Waals surface area contributed by atoms with Crippen LogP contribution in [0.3, 0.4) is 0 Å². The number of anilines is 1. The third kappa shape index (κ3) is 8.66. The molecule has 1 fully saturated rings. The number of carbonyl (C=O) groups is 3. The highest BCUT2D eigenvalue weighted by atomic mass is 16.5. The van der Waals surface area contributed by atoms with E-state index >= 15 is 0 Å². The van der Waals surface area contributed by atoms with E-state index in [1.807, 2.05) is 26.0 Å². The largest absolute Gasteiger partial charge is 0.491 e. The molecular formula is C35H46N4O6. The molecule has 10 nitrogen and oxygen atoms in total. The lowest BCUT2D eigenvalue weighted by Crippen LogP contribution is -2.36. The van der Waals surface area contributed by atoms with Crippen LogP contribution in [0.25, 0.3) is 0 Å². The molecule has 0 aliphatic carbocycles. The zero-order valence-electron chi connectivity index (χ0n) is 27.2. The number of allylic oxidation sites excluding steroid dienone is 2. The number of amides is 2. The average molecular weight is 619 g/mol. The van der Waals surface area contributed by atoms with Crippen molar-refractivity contribution in [3.63, 3.8) is 0 Å². The molecule has 242 valence electrons. The van der Waals surface area contributed by atoms with E-state index in [4.69, 9.17) is 14.2 Å². The Hall–Kier alpha value is -4.31. The molecule has 2 aromatic rings. The molecule has 1 saturated heterocycles. The Morgan fingerprint density at radius 2 is 1.53 bits per heavy atom. The second-order valence-electron chi connectivity index (χ2n) is 11.8. The Kier molecular flexibility index (Phi) is 11.6. The zero-order chi connectivity index (χ0) is 32.5. The lowest BCUT2D eigenvalue weighted by molar-refractivity contribution is -0.137. The van der Waals surface area contributed by atoms with Gasteiger partial charge in [0.05, 0.1) is 37.4 Å². The number of esters is 2. The normalized spacial score (nSPS) is 16.3. The molecule has 2 aromatic carbocycles. The summed E-state index contributed by atoms with van der Waals surface area (Å²) in [5, 5.41) is 8.93. The summed E-state index contributed by atoms with van der Waals surface area (Å²) in [5.74, 6) is -0.359. The van der Waals surface area contributed by atoms with Crippen molar-refractivity contribution in [1.29, 1.82) is 0 Å². The minimum absolute atomic E-state index is 0.160. The molecule has 2 heterocycles. The van der Waals surface area contributed by atoms with Gasteiger partial charge in [0.1, 0.15) is 5.75 Å². The summed E-state index contributed by atoms with van der Waals surface area (Å²) in [7, 11) is 2.60. The van der Waals surface area contributed by atoms with Crippen molar-refractivity contribution in [3.05, 3.63) is 82.2 Å². The van der Waals surface area contributed by atoms with Crippen molar-refractivity contribution < 1.29 is 28.6 Å². The van der Waals surface area contributed by atoms with Crippen LogP contribution in [0.2, 0.25) is 0 Å². The van der Waals surface area contributed by atoms with Crippen LogP contribution in [0.1, 0.15) is 69.9 Å². The summed E-state index contributed by atoms with van der Waals surface area (Å²) < 4.78 is 16.0. The van der Waals surface area contributed by atoms with Gasteiger partial charge in [-0.2, -0.15) is 0 Å². The first kappa shape index (κ1) is 33.6. The fourth-order valence-electron chi connectivity index (χ4n) is 6.17. The monoisotopic (exact) mass is 618 g/mol. The molecule has 10 heteroatoms. The molecule has 0 radical (unpaired) electrons. The fourth-order valence-corrected chi connectivity index (χ4v) is 6.17. The predicted molar refractivity (Wildman–Crippen MR) is 174 cm³/mol. The second kappa shape index (κ2) is 15.6. The topological polar surface area (TPSA) is 118 Å². The van der Waals surface area contributed by atoms with Gasteiger partial charge in [-0.3, -0.25) is 0 Å². The number of benzene rings is 2. The standard InChI is InChI=1S/C35H46N4O6/c1-22(2)45-29-13-8-10-26(21-29)25-14-18-39(19-15-25)17-9-16-36-35(42)38-28-12-7-11-27(20-28)32-30(33(40)43-5)23(3)37-24(4)31(32)34(41)44-6/h7-8,10-13,20-22,25,32,37H,9,14-19H2,1-6H3,(H2,36,38,42). The smallest absolute Gasteiger partial charge is 0.336 e. The highest BCUT2D eigenvalue weighted by molar-refractivity contribution is 6.00. The van der Waals surface area contributed by atoms with Crippen LogP contribution >= 0.6 is 0 Å². The first-order chi connectivity index (χ1) is 21.6. The van der Waals surface area contributed by atoms with E-state index in [9.17, 15) is 14.4 Å². The SMILES string of the molecule is COC(=O)C1=C(C)NC(C)=C(C(=O)OC)C1c1cccc(NC(=O)NCCCN2CCC(c3cccc(OC(C)C)c3)CC2)c1. The van der Waals surface area contributed by atoms with E-state index in [-0.39, 0.29) is 12.1 Å². The maximum absolute atomic E-state index is 12.8. The number of carbonyl (C=O) groups excluding carboxylic acids is 3. The van der Waals surface area contributed by atoms with Gasteiger partial charge in [0.25, 0.3) is 0 Å². The van der Waals surface area contributed by atoms with E-state index in [0.717, 1.165) is 44.6 Å². The highest BCUT2D eigenvalue weighted by Crippen LogP contribution is 2.40. The average Bonchev–Trinajstić information content (AvgIpc) is 3.02. The summed E-state index contributed by atoms with van der Waals surface area (Å²) in [6.07, 6.45) is 3.20. The molecule has 3 N–H and O–H groups in total. The highest BCUT2D eigenvalue weighted by Gasteiger charge is 2.37. The molecule has 4 rings (SSSR count). The van der Waals surface area contributed by atoms with E-state index in [1.54, 1.807) is 32.0 Å². The van der Waals surface area contributed by atoms with Gasteiger partial charge in [0.2, 0.25) is 0 Å². The van der Waals surface area contributed by atoms with E-state index in [0.29, 0.717) is 46.3 Å². The lowest BCUT2D eigenvalue weighted by atomic mass is 9.80. The van der Waals surface area contributed by atoms with Gasteiger partial charge in [-0.1, -0.05) is 24.3 Å². The Labute approximate surface area is 266 Å². The molecule has 2 aliphatic rings. The van der Waals surface area contributed by atoms with Crippen molar-refractivity contribution >= 4 is 23.7 Å². The number of nitrogens with zero attached hydrogens (tertiary/aromatic N) is 1. The Morgan fingerprint density at radius 1 is 0.911 bits per heavy atom. The van der Waals surface area contributed by atoms with Crippen LogP contribution in [0.15, 0.2) is 71.1 Å². The van der Waals surface area contributed by atoms with Crippen LogP contribution in [0.4, 0.5) is 10.5 Å². The number of piperidine rings is 1. The van der Waals surface area contributed by atoms with Crippen LogP contribution < -0.4 is 20.7 Å². The van der Waals surface area contributed by atoms with Crippen molar-refractivity contribution in [1.82, 2.24) is 15.5 Å². The van der Waals surface area contributed by atoms with Gasteiger partial charge < -0.3 is 35.1 Å². The quantitative estimate of drug-likeness (QED) is 0.225. The summed E-state index contributed by atoms with van der Waals surface area (Å²) in [6, 6.07) is 15.3. The molecule has 45 heavy (non-hydrogen) atoms. The number of dihydropyridines is 1. The second-order valence-corrected chi connectivity index (χ2v) is 11.8. The summed E-state index contributed by atoms with van der Waals surface area (Å²) in [6.45, 7) is 11.1. The van der Waals surface area contributed by atoms with E-state index in [1.165, 1.54) is 19.8 Å². The van der Waals surface area contributed by atoms with Crippen LogP contribution in [-0.4, -0.2) is 69.4 Å². The Balaban J connectivity index is 1.29. The molecule has 0 unspecified atom stereocenters. The molecule has 0 bridgehead atoms. The van der Waals surface area contributed by atoms with Crippen molar-refractivity contribution in [2.45, 2.75) is 64.9 Å². The van der Waals surface area contributed by atoms with Gasteiger partial charge in [0.15, 0.2) is 0 Å². The van der Waals surface area contributed by atoms with E-state index < -0.39 is 17.9 Å².